The number of carbonyl (C=O) groups is 1. The van der Waals surface area contributed by atoms with E-state index < -0.39 is 0 Å². The first-order valence-corrected chi connectivity index (χ1v) is 8.72. The van der Waals surface area contributed by atoms with E-state index >= 15 is 0 Å². The van der Waals surface area contributed by atoms with Crippen LogP contribution in [0.3, 0.4) is 0 Å². The Kier molecular flexibility index (Phi) is 5.31. The zero-order chi connectivity index (χ0) is 17.8. The molecule has 3 aromatic rings. The lowest BCUT2D eigenvalue weighted by Gasteiger charge is -2.13. The zero-order valence-corrected chi connectivity index (χ0v) is 15.8. The van der Waals surface area contributed by atoms with Crippen molar-refractivity contribution in [1.82, 2.24) is 5.32 Å². The van der Waals surface area contributed by atoms with Gasteiger partial charge < -0.3 is 10.1 Å². The van der Waals surface area contributed by atoms with Crippen molar-refractivity contribution in [3.05, 3.63) is 70.7 Å². The summed E-state index contributed by atoms with van der Waals surface area (Å²) in [5, 5.41) is 8.12. The molecule has 0 atom stereocenters. The number of thiocarbonyl (C=S) groups is 1. The lowest BCUT2D eigenvalue weighted by molar-refractivity contribution is 0.0974. The number of halogens is 1. The Bertz CT molecular complexity index is 954. The van der Waals surface area contributed by atoms with Crippen LogP contribution in [0.4, 0.5) is 5.69 Å². The maximum atomic E-state index is 12.5. The minimum Gasteiger partial charge on any atom is -0.496 e. The lowest BCUT2D eigenvalue weighted by Crippen LogP contribution is -2.34. The van der Waals surface area contributed by atoms with Gasteiger partial charge in [-0.15, -0.1) is 0 Å². The normalized spacial score (nSPS) is 10.3. The summed E-state index contributed by atoms with van der Waals surface area (Å²) in [6.07, 6.45) is 0. The summed E-state index contributed by atoms with van der Waals surface area (Å²) in [5.74, 6) is 0.143. The van der Waals surface area contributed by atoms with E-state index in [2.05, 4.69) is 26.6 Å². The number of carbonyl (C=O) groups excluding carboxylic acids is 1. The van der Waals surface area contributed by atoms with Crippen LogP contribution in [0, 0.1) is 0 Å². The summed E-state index contributed by atoms with van der Waals surface area (Å²) in [6, 6.07) is 19.1. The summed E-state index contributed by atoms with van der Waals surface area (Å²) in [4.78, 5) is 12.5. The van der Waals surface area contributed by atoms with E-state index in [9.17, 15) is 4.79 Å². The first-order chi connectivity index (χ1) is 12.1. The molecular formula is C19H15BrN2O2S. The van der Waals surface area contributed by atoms with Crippen molar-refractivity contribution in [3.8, 4) is 5.75 Å². The van der Waals surface area contributed by atoms with Gasteiger partial charge in [0, 0.05) is 15.5 Å². The maximum Gasteiger partial charge on any atom is 0.261 e. The van der Waals surface area contributed by atoms with Gasteiger partial charge in [-0.05, 0) is 41.9 Å². The van der Waals surface area contributed by atoms with Gasteiger partial charge in [-0.1, -0.05) is 52.3 Å². The summed E-state index contributed by atoms with van der Waals surface area (Å²) >= 11 is 8.65. The van der Waals surface area contributed by atoms with Gasteiger partial charge in [-0.3, -0.25) is 10.1 Å². The third-order valence-electron chi connectivity index (χ3n) is 3.67. The van der Waals surface area contributed by atoms with E-state index in [-0.39, 0.29) is 11.0 Å². The fraction of sp³-hybridized carbons (Fsp3) is 0.0526. The number of benzene rings is 3. The fourth-order valence-corrected chi connectivity index (χ4v) is 3.08. The van der Waals surface area contributed by atoms with Crippen molar-refractivity contribution in [1.29, 1.82) is 0 Å². The van der Waals surface area contributed by atoms with E-state index in [1.165, 1.54) is 7.11 Å². The van der Waals surface area contributed by atoms with Gasteiger partial charge >= 0.3 is 0 Å². The molecule has 0 aliphatic heterocycles. The van der Waals surface area contributed by atoms with Gasteiger partial charge in [0.15, 0.2) is 5.11 Å². The molecule has 3 aromatic carbocycles. The van der Waals surface area contributed by atoms with Crippen LogP contribution in [0.5, 0.6) is 5.75 Å². The number of amides is 1. The van der Waals surface area contributed by atoms with Crippen LogP contribution in [0.25, 0.3) is 10.8 Å². The quantitative estimate of drug-likeness (QED) is 0.607. The summed E-state index contributed by atoms with van der Waals surface area (Å²) in [7, 11) is 1.52. The molecule has 0 fully saturated rings. The predicted molar refractivity (Wildman–Crippen MR) is 108 cm³/mol. The number of methoxy groups -OCH3 is 1. The third kappa shape index (κ3) is 3.97. The van der Waals surface area contributed by atoms with Gasteiger partial charge in [0.25, 0.3) is 5.91 Å². The Morgan fingerprint density at radius 1 is 1.08 bits per heavy atom. The highest BCUT2D eigenvalue weighted by atomic mass is 79.9. The molecule has 0 aromatic heterocycles. The van der Waals surface area contributed by atoms with Crippen LogP contribution < -0.4 is 15.4 Å². The molecule has 0 spiro atoms. The van der Waals surface area contributed by atoms with E-state index in [0.717, 1.165) is 20.9 Å². The SMILES string of the molecule is COc1ccc(Br)cc1C(=O)NC(=S)Nc1cccc2ccccc12. The Labute approximate surface area is 159 Å². The molecule has 4 nitrogen and oxygen atoms in total. The van der Waals surface area contributed by atoms with Crippen molar-refractivity contribution in [2.45, 2.75) is 0 Å². The third-order valence-corrected chi connectivity index (χ3v) is 4.37. The van der Waals surface area contributed by atoms with Crippen molar-refractivity contribution in [3.63, 3.8) is 0 Å². The van der Waals surface area contributed by atoms with Crippen LogP contribution in [-0.4, -0.2) is 18.1 Å². The highest BCUT2D eigenvalue weighted by molar-refractivity contribution is 9.10. The summed E-state index contributed by atoms with van der Waals surface area (Å²) in [5.41, 5.74) is 1.24. The van der Waals surface area contributed by atoms with Gasteiger partial charge in [0.1, 0.15) is 5.75 Å². The lowest BCUT2D eigenvalue weighted by atomic mass is 10.1. The van der Waals surface area contributed by atoms with Crippen molar-refractivity contribution in [2.24, 2.45) is 0 Å². The van der Waals surface area contributed by atoms with Crippen LogP contribution in [-0.2, 0) is 0 Å². The second-order valence-corrected chi connectivity index (χ2v) is 6.60. The van der Waals surface area contributed by atoms with E-state index in [0.29, 0.717) is 11.3 Å². The number of hydrogen-bond acceptors (Lipinski definition) is 3. The molecule has 0 saturated carbocycles. The smallest absolute Gasteiger partial charge is 0.261 e. The highest BCUT2D eigenvalue weighted by Crippen LogP contribution is 2.24. The molecular weight excluding hydrogens is 400 g/mol. The molecule has 0 bridgehead atoms. The number of hydrogen-bond donors (Lipinski definition) is 2. The Morgan fingerprint density at radius 2 is 1.84 bits per heavy atom. The average molecular weight is 415 g/mol. The molecule has 0 aliphatic rings. The average Bonchev–Trinajstić information content (AvgIpc) is 2.62. The van der Waals surface area contributed by atoms with Crippen LogP contribution in [0.15, 0.2) is 65.1 Å². The van der Waals surface area contributed by atoms with Crippen LogP contribution in [0.1, 0.15) is 10.4 Å². The number of anilines is 1. The van der Waals surface area contributed by atoms with Gasteiger partial charge in [-0.2, -0.15) is 0 Å². The molecule has 1 amide bonds. The second kappa shape index (κ2) is 7.63. The topological polar surface area (TPSA) is 50.4 Å². The molecule has 0 radical (unpaired) electrons. The van der Waals surface area contributed by atoms with Crippen LogP contribution >= 0.6 is 28.1 Å². The van der Waals surface area contributed by atoms with Crippen molar-refractivity contribution >= 4 is 55.6 Å². The van der Waals surface area contributed by atoms with E-state index in [1.807, 2.05) is 48.5 Å². The van der Waals surface area contributed by atoms with Crippen molar-refractivity contribution in [2.75, 3.05) is 12.4 Å². The monoisotopic (exact) mass is 414 g/mol. The molecule has 6 heteroatoms. The van der Waals surface area contributed by atoms with E-state index in [1.54, 1.807) is 12.1 Å². The number of rotatable bonds is 3. The number of nitrogens with one attached hydrogen (secondary N) is 2. The molecule has 3 rings (SSSR count). The van der Waals surface area contributed by atoms with Gasteiger partial charge in [0.2, 0.25) is 0 Å². The Morgan fingerprint density at radius 3 is 2.64 bits per heavy atom. The molecule has 126 valence electrons. The summed E-state index contributed by atoms with van der Waals surface area (Å²) in [6.45, 7) is 0. The predicted octanol–water partition coefficient (Wildman–Crippen LogP) is 4.74. The molecule has 2 N–H and O–H groups in total. The number of fused-ring (bicyclic) bond motifs is 1. The molecule has 0 aliphatic carbocycles. The minimum atomic E-state index is -0.337. The fourth-order valence-electron chi connectivity index (χ4n) is 2.52. The van der Waals surface area contributed by atoms with Gasteiger partial charge in [0.05, 0.1) is 12.7 Å². The Hall–Kier alpha value is -2.44. The molecule has 25 heavy (non-hydrogen) atoms. The number of ether oxygens (including phenoxy) is 1. The molecule has 0 unspecified atom stereocenters. The standard InChI is InChI=1S/C19H15BrN2O2S/c1-24-17-10-9-13(20)11-15(17)18(23)22-19(25)21-16-8-4-6-12-5-2-3-7-14(12)16/h2-11H,1H3,(H2,21,22,23,25). The molecule has 0 heterocycles. The van der Waals surface area contributed by atoms with Crippen molar-refractivity contribution < 1.29 is 9.53 Å². The largest absolute Gasteiger partial charge is 0.496 e. The highest BCUT2D eigenvalue weighted by Gasteiger charge is 2.14. The zero-order valence-electron chi connectivity index (χ0n) is 13.4. The first-order valence-electron chi connectivity index (χ1n) is 7.52. The second-order valence-electron chi connectivity index (χ2n) is 5.28. The van der Waals surface area contributed by atoms with Gasteiger partial charge in [-0.25, -0.2) is 0 Å². The van der Waals surface area contributed by atoms with E-state index in [4.69, 9.17) is 17.0 Å². The Balaban J connectivity index is 1.78. The maximum absolute atomic E-state index is 12.5. The summed E-state index contributed by atoms with van der Waals surface area (Å²) < 4.78 is 6.02. The minimum absolute atomic E-state index is 0.225. The first kappa shape index (κ1) is 17.4. The van der Waals surface area contributed by atoms with Crippen LogP contribution in [0.2, 0.25) is 0 Å². The molecule has 0 saturated heterocycles.